The highest BCUT2D eigenvalue weighted by molar-refractivity contribution is 6.30. The molecule has 0 fully saturated rings. The van der Waals surface area contributed by atoms with E-state index in [-0.39, 0.29) is 6.03 Å². The van der Waals surface area contributed by atoms with Gasteiger partial charge in [-0.25, -0.2) is 4.79 Å². The van der Waals surface area contributed by atoms with Crippen LogP contribution in [0.5, 0.6) is 0 Å². The first-order valence-electron chi connectivity index (χ1n) is 7.18. The molecule has 2 aromatic carbocycles. The molecule has 0 radical (unpaired) electrons. The summed E-state index contributed by atoms with van der Waals surface area (Å²) < 4.78 is 0. The fourth-order valence-corrected chi connectivity index (χ4v) is 2.17. The number of hydrogen-bond donors (Lipinski definition) is 3. The minimum absolute atomic E-state index is 0.347. The van der Waals surface area contributed by atoms with Crippen LogP contribution in [0.3, 0.4) is 0 Å². The summed E-state index contributed by atoms with van der Waals surface area (Å²) in [6.07, 6.45) is 0. The molecule has 24 heavy (non-hydrogen) atoms. The number of carbonyl (C=O) groups excluding carboxylic acids is 1. The molecule has 0 bridgehead atoms. The van der Waals surface area contributed by atoms with Gasteiger partial charge in [0, 0.05) is 16.4 Å². The molecule has 7 heteroatoms. The molecule has 0 aliphatic heterocycles. The van der Waals surface area contributed by atoms with Crippen LogP contribution < -0.4 is 16.0 Å². The Morgan fingerprint density at radius 1 is 0.792 bits per heavy atom. The Morgan fingerprint density at radius 3 is 2.21 bits per heavy atom. The summed E-state index contributed by atoms with van der Waals surface area (Å²) in [5.74, 6) is 0.895. The Hall–Kier alpha value is -3.12. The summed E-state index contributed by atoms with van der Waals surface area (Å²) in [5.41, 5.74) is 1.50. The molecule has 3 rings (SSSR count). The van der Waals surface area contributed by atoms with Crippen LogP contribution in [0, 0.1) is 0 Å². The summed E-state index contributed by atoms with van der Waals surface area (Å²) in [6, 6.07) is 19.4. The molecule has 0 aliphatic rings. The maximum Gasteiger partial charge on any atom is 0.324 e. The number of benzene rings is 2. The molecule has 3 aromatic rings. The van der Waals surface area contributed by atoms with Crippen molar-refractivity contribution in [3.8, 4) is 0 Å². The molecule has 2 amide bonds. The maximum absolute atomic E-state index is 11.9. The number of para-hydroxylation sites is 1. The van der Waals surface area contributed by atoms with E-state index in [9.17, 15) is 4.79 Å². The zero-order chi connectivity index (χ0) is 16.8. The zero-order valence-corrected chi connectivity index (χ0v) is 13.3. The molecule has 0 aliphatic carbocycles. The zero-order valence-electron chi connectivity index (χ0n) is 12.5. The lowest BCUT2D eigenvalue weighted by Gasteiger charge is -2.08. The first-order valence-corrected chi connectivity index (χ1v) is 7.56. The van der Waals surface area contributed by atoms with Gasteiger partial charge < -0.3 is 10.6 Å². The fraction of sp³-hybridized carbons (Fsp3) is 0. The highest BCUT2D eigenvalue weighted by atomic mass is 35.5. The van der Waals surface area contributed by atoms with Crippen molar-refractivity contribution < 1.29 is 4.79 Å². The Labute approximate surface area is 143 Å². The molecule has 0 saturated carbocycles. The number of halogens is 1. The first kappa shape index (κ1) is 15.8. The van der Waals surface area contributed by atoms with E-state index in [1.165, 1.54) is 0 Å². The molecular weight excluding hydrogens is 326 g/mol. The summed E-state index contributed by atoms with van der Waals surface area (Å²) in [7, 11) is 0. The number of amides is 2. The first-order chi connectivity index (χ1) is 11.7. The van der Waals surface area contributed by atoms with Gasteiger partial charge in [0.1, 0.15) is 0 Å². The van der Waals surface area contributed by atoms with Crippen LogP contribution in [0.4, 0.5) is 27.8 Å². The van der Waals surface area contributed by atoms with Crippen molar-refractivity contribution in [2.75, 3.05) is 16.0 Å². The van der Waals surface area contributed by atoms with Crippen molar-refractivity contribution in [1.29, 1.82) is 0 Å². The van der Waals surface area contributed by atoms with Crippen LogP contribution in [0.2, 0.25) is 5.02 Å². The van der Waals surface area contributed by atoms with Crippen molar-refractivity contribution >= 4 is 40.6 Å². The van der Waals surface area contributed by atoms with E-state index < -0.39 is 0 Å². The topological polar surface area (TPSA) is 78.9 Å². The Morgan fingerprint density at radius 2 is 1.50 bits per heavy atom. The van der Waals surface area contributed by atoms with Crippen molar-refractivity contribution in [3.63, 3.8) is 0 Å². The third-order valence-electron chi connectivity index (χ3n) is 3.03. The van der Waals surface area contributed by atoms with Gasteiger partial charge >= 0.3 is 6.03 Å². The minimum atomic E-state index is -0.383. The van der Waals surface area contributed by atoms with Gasteiger partial charge in [0.15, 0.2) is 11.6 Å². The van der Waals surface area contributed by atoms with Crippen LogP contribution in [-0.4, -0.2) is 16.2 Å². The number of anilines is 4. The molecule has 3 N–H and O–H groups in total. The standard InChI is InChI=1S/C17H14ClN5O/c18-12-5-4-8-14(11-12)19-15-9-10-16(23-22-15)21-17(24)20-13-6-2-1-3-7-13/h1-11H,(H,19,22)(H2,20,21,23,24). The van der Waals surface area contributed by atoms with E-state index >= 15 is 0 Å². The van der Waals surface area contributed by atoms with Crippen molar-refractivity contribution in [1.82, 2.24) is 10.2 Å². The molecule has 120 valence electrons. The predicted octanol–water partition coefficient (Wildman–Crippen LogP) is 4.52. The Bertz CT molecular complexity index is 824. The molecular formula is C17H14ClN5O. The van der Waals surface area contributed by atoms with Gasteiger partial charge in [0.05, 0.1) is 0 Å². The molecule has 0 saturated heterocycles. The lowest BCUT2D eigenvalue weighted by atomic mass is 10.3. The predicted molar refractivity (Wildman–Crippen MR) is 95.9 cm³/mol. The largest absolute Gasteiger partial charge is 0.339 e. The van der Waals surface area contributed by atoms with E-state index in [1.807, 2.05) is 30.3 Å². The molecule has 0 unspecified atom stereocenters. The number of carbonyl (C=O) groups is 1. The summed E-state index contributed by atoms with van der Waals surface area (Å²) in [5, 5.41) is 17.0. The van der Waals surface area contributed by atoms with Crippen molar-refractivity contribution in [2.24, 2.45) is 0 Å². The average molecular weight is 340 g/mol. The minimum Gasteiger partial charge on any atom is -0.339 e. The number of urea groups is 1. The summed E-state index contributed by atoms with van der Waals surface area (Å²) >= 11 is 5.93. The highest BCUT2D eigenvalue weighted by Crippen LogP contribution is 2.19. The van der Waals surface area contributed by atoms with E-state index in [4.69, 9.17) is 11.6 Å². The summed E-state index contributed by atoms with van der Waals surface area (Å²) in [4.78, 5) is 11.9. The van der Waals surface area contributed by atoms with Crippen LogP contribution in [-0.2, 0) is 0 Å². The second-order valence-electron chi connectivity index (χ2n) is 4.88. The van der Waals surface area contributed by atoms with E-state index in [0.29, 0.717) is 22.3 Å². The number of hydrogen-bond acceptors (Lipinski definition) is 4. The number of aromatic nitrogens is 2. The van der Waals surface area contributed by atoms with Gasteiger partial charge in [-0.2, -0.15) is 0 Å². The number of rotatable bonds is 4. The molecule has 6 nitrogen and oxygen atoms in total. The lowest BCUT2D eigenvalue weighted by molar-refractivity contribution is 0.262. The molecule has 1 heterocycles. The number of nitrogens with one attached hydrogen (secondary N) is 3. The average Bonchev–Trinajstić information content (AvgIpc) is 2.57. The molecule has 0 spiro atoms. The SMILES string of the molecule is O=C(Nc1ccccc1)Nc1ccc(Nc2cccc(Cl)c2)nn1. The van der Waals surface area contributed by atoms with Crippen molar-refractivity contribution in [2.45, 2.75) is 0 Å². The highest BCUT2D eigenvalue weighted by Gasteiger charge is 2.04. The maximum atomic E-state index is 11.9. The third kappa shape index (κ3) is 4.44. The molecule has 0 atom stereocenters. The monoisotopic (exact) mass is 339 g/mol. The second kappa shape index (κ2) is 7.43. The van der Waals surface area contributed by atoms with Gasteiger partial charge in [-0.15, -0.1) is 10.2 Å². The Kier molecular flexibility index (Phi) is 4.88. The van der Waals surface area contributed by atoms with Crippen LogP contribution in [0.15, 0.2) is 66.7 Å². The second-order valence-corrected chi connectivity index (χ2v) is 5.32. The van der Waals surface area contributed by atoms with E-state index in [2.05, 4.69) is 26.1 Å². The smallest absolute Gasteiger partial charge is 0.324 e. The van der Waals surface area contributed by atoms with Crippen LogP contribution in [0.25, 0.3) is 0 Å². The summed E-state index contributed by atoms with van der Waals surface area (Å²) in [6.45, 7) is 0. The Balaban J connectivity index is 1.59. The van der Waals surface area contributed by atoms with Gasteiger partial charge in [-0.05, 0) is 42.5 Å². The van der Waals surface area contributed by atoms with Crippen LogP contribution >= 0.6 is 11.6 Å². The van der Waals surface area contributed by atoms with Crippen LogP contribution in [0.1, 0.15) is 0 Å². The molecule has 1 aromatic heterocycles. The van der Waals surface area contributed by atoms with E-state index in [0.717, 1.165) is 5.69 Å². The van der Waals surface area contributed by atoms with Gasteiger partial charge in [0.25, 0.3) is 0 Å². The van der Waals surface area contributed by atoms with Gasteiger partial charge in [-0.1, -0.05) is 35.9 Å². The van der Waals surface area contributed by atoms with Crippen molar-refractivity contribution in [3.05, 3.63) is 71.8 Å². The fourth-order valence-electron chi connectivity index (χ4n) is 1.98. The number of nitrogens with zero attached hydrogens (tertiary/aromatic N) is 2. The normalized spacial score (nSPS) is 10.0. The quantitative estimate of drug-likeness (QED) is 0.653. The van der Waals surface area contributed by atoms with Gasteiger partial charge in [-0.3, -0.25) is 5.32 Å². The van der Waals surface area contributed by atoms with Gasteiger partial charge in [0.2, 0.25) is 0 Å². The van der Waals surface area contributed by atoms with E-state index in [1.54, 1.807) is 36.4 Å². The lowest BCUT2D eigenvalue weighted by Crippen LogP contribution is -2.20. The third-order valence-corrected chi connectivity index (χ3v) is 3.27.